The van der Waals surface area contributed by atoms with E-state index >= 15 is 0 Å². The average Bonchev–Trinajstić information content (AvgIpc) is 3.00. The van der Waals surface area contributed by atoms with Crippen LogP contribution in [0.5, 0.6) is 0 Å². The molecule has 106 valence electrons. The molecule has 0 spiro atoms. The predicted octanol–water partition coefficient (Wildman–Crippen LogP) is 1.41. The molecule has 1 fully saturated rings. The van der Waals surface area contributed by atoms with Crippen LogP contribution in [0.3, 0.4) is 0 Å². The second-order valence-corrected chi connectivity index (χ2v) is 6.10. The molecule has 1 aliphatic carbocycles. The van der Waals surface area contributed by atoms with Crippen molar-refractivity contribution in [2.24, 2.45) is 11.8 Å². The maximum atomic E-state index is 11.9. The molecule has 2 atom stereocenters. The highest BCUT2D eigenvalue weighted by Crippen LogP contribution is 2.38. The minimum atomic E-state index is -0.239. The van der Waals surface area contributed by atoms with Crippen molar-refractivity contribution in [3.8, 4) is 0 Å². The van der Waals surface area contributed by atoms with Gasteiger partial charge in [-0.15, -0.1) is 0 Å². The fourth-order valence-corrected chi connectivity index (χ4v) is 2.87. The van der Waals surface area contributed by atoms with E-state index in [2.05, 4.69) is 10.1 Å². The molecule has 3 rings (SSSR count). The van der Waals surface area contributed by atoms with Crippen LogP contribution in [0.25, 0.3) is 4.96 Å². The first-order valence-corrected chi connectivity index (χ1v) is 7.45. The van der Waals surface area contributed by atoms with Crippen molar-refractivity contribution in [2.75, 3.05) is 0 Å². The van der Waals surface area contributed by atoms with Gasteiger partial charge in [0.25, 0.3) is 5.56 Å². The number of aryl methyl sites for hydroxylation is 1. The second kappa shape index (κ2) is 4.97. The zero-order valence-electron chi connectivity index (χ0n) is 11.3. The van der Waals surface area contributed by atoms with E-state index in [-0.39, 0.29) is 24.1 Å². The summed E-state index contributed by atoms with van der Waals surface area (Å²) < 4.78 is 6.48. The first kappa shape index (κ1) is 13.2. The lowest BCUT2D eigenvalue weighted by molar-refractivity contribution is -0.147. The molecular weight excluding hydrogens is 278 g/mol. The molecule has 2 aromatic heterocycles. The maximum absolute atomic E-state index is 11.9. The molecule has 2 aromatic rings. The minimum absolute atomic E-state index is 0.0231. The lowest BCUT2D eigenvalue weighted by atomic mass is 10.3. The first-order chi connectivity index (χ1) is 9.58. The van der Waals surface area contributed by atoms with Crippen LogP contribution in [-0.4, -0.2) is 20.6 Å². The van der Waals surface area contributed by atoms with Crippen LogP contribution in [0.4, 0.5) is 0 Å². The van der Waals surface area contributed by atoms with Crippen molar-refractivity contribution in [1.82, 2.24) is 14.6 Å². The second-order valence-electron chi connectivity index (χ2n) is 5.06. The van der Waals surface area contributed by atoms with Crippen molar-refractivity contribution >= 4 is 22.3 Å². The number of hydrogen-bond donors (Lipinski definition) is 0. The lowest BCUT2D eigenvalue weighted by Crippen LogP contribution is -2.17. The molecule has 0 aromatic carbocycles. The molecule has 0 bridgehead atoms. The fraction of sp³-hybridized carbons (Fsp3) is 0.538. The van der Waals surface area contributed by atoms with Crippen LogP contribution in [-0.2, 0) is 22.6 Å². The molecule has 20 heavy (non-hydrogen) atoms. The topological polar surface area (TPSA) is 73.6 Å². The fourth-order valence-electron chi connectivity index (χ4n) is 2.02. The molecule has 0 saturated heterocycles. The van der Waals surface area contributed by atoms with E-state index in [0.29, 0.717) is 16.6 Å². The summed E-state index contributed by atoms with van der Waals surface area (Å²) in [4.78, 5) is 28.4. The molecular formula is C13H15N3O3S. The first-order valence-electron chi connectivity index (χ1n) is 6.63. The van der Waals surface area contributed by atoms with Gasteiger partial charge in [-0.25, -0.2) is 4.98 Å². The number of aromatic nitrogens is 3. The van der Waals surface area contributed by atoms with Gasteiger partial charge in [-0.1, -0.05) is 25.2 Å². The summed E-state index contributed by atoms with van der Waals surface area (Å²) in [6.45, 7) is 4.04. The van der Waals surface area contributed by atoms with Crippen LogP contribution in [0.15, 0.2) is 10.9 Å². The summed E-state index contributed by atoms with van der Waals surface area (Å²) in [6, 6.07) is 1.37. The summed E-state index contributed by atoms with van der Waals surface area (Å²) in [5.41, 5.74) is 0.236. The van der Waals surface area contributed by atoms with Crippen LogP contribution >= 0.6 is 11.3 Å². The summed E-state index contributed by atoms with van der Waals surface area (Å²) in [6.07, 6.45) is 1.65. The van der Waals surface area contributed by atoms with Crippen LogP contribution < -0.4 is 5.56 Å². The molecule has 1 saturated carbocycles. The van der Waals surface area contributed by atoms with E-state index in [4.69, 9.17) is 4.74 Å². The van der Waals surface area contributed by atoms with Gasteiger partial charge in [0.05, 0.1) is 11.6 Å². The molecule has 0 aliphatic heterocycles. The van der Waals surface area contributed by atoms with E-state index < -0.39 is 0 Å². The molecule has 1 aliphatic rings. The van der Waals surface area contributed by atoms with Gasteiger partial charge >= 0.3 is 5.97 Å². The molecule has 0 radical (unpaired) electrons. The number of esters is 1. The standard InChI is InChI=1S/C13H15N3O3S/c1-3-10-15-16-11(17)5-8(14-13(16)20-10)6-19-12(18)9-4-7(9)2/h5,7,9H,3-4,6H2,1-2H3/t7-,9+/m0/s1. The van der Waals surface area contributed by atoms with E-state index in [9.17, 15) is 9.59 Å². The third-order valence-corrected chi connectivity index (χ3v) is 4.47. The molecule has 0 amide bonds. The van der Waals surface area contributed by atoms with Crippen LogP contribution in [0, 0.1) is 11.8 Å². The molecule has 2 heterocycles. The van der Waals surface area contributed by atoms with Crippen molar-refractivity contribution in [2.45, 2.75) is 33.3 Å². The van der Waals surface area contributed by atoms with Crippen LogP contribution in [0.1, 0.15) is 31.0 Å². The molecule has 0 N–H and O–H groups in total. The Bertz CT molecular complexity index is 721. The number of carbonyl (C=O) groups excluding carboxylic acids is 1. The average molecular weight is 293 g/mol. The Morgan fingerprint density at radius 3 is 3.00 bits per heavy atom. The summed E-state index contributed by atoms with van der Waals surface area (Å²) in [7, 11) is 0. The van der Waals surface area contributed by atoms with E-state index in [1.807, 2.05) is 13.8 Å². The van der Waals surface area contributed by atoms with Gasteiger partial charge in [0, 0.05) is 6.07 Å². The third kappa shape index (κ3) is 2.45. The third-order valence-electron chi connectivity index (χ3n) is 3.42. The van der Waals surface area contributed by atoms with E-state index in [1.165, 1.54) is 21.9 Å². The highest BCUT2D eigenvalue weighted by Gasteiger charge is 2.40. The van der Waals surface area contributed by atoms with Crippen molar-refractivity contribution in [1.29, 1.82) is 0 Å². The quantitative estimate of drug-likeness (QED) is 0.797. The Labute approximate surface area is 119 Å². The number of ether oxygens (including phenoxy) is 1. The Morgan fingerprint density at radius 1 is 1.60 bits per heavy atom. The summed E-state index contributed by atoms with van der Waals surface area (Å²) >= 11 is 1.38. The van der Waals surface area contributed by atoms with Gasteiger partial charge in [-0.05, 0) is 18.8 Å². The monoisotopic (exact) mass is 293 g/mol. The normalized spacial score (nSPS) is 21.1. The molecule has 0 unspecified atom stereocenters. The van der Waals surface area contributed by atoms with E-state index in [1.54, 1.807) is 0 Å². The molecule has 6 nitrogen and oxygen atoms in total. The Balaban J connectivity index is 1.78. The van der Waals surface area contributed by atoms with Crippen molar-refractivity contribution < 1.29 is 9.53 Å². The molecule has 7 heteroatoms. The van der Waals surface area contributed by atoms with Gasteiger partial charge in [-0.3, -0.25) is 9.59 Å². The van der Waals surface area contributed by atoms with Gasteiger partial charge < -0.3 is 4.74 Å². The SMILES string of the molecule is CCc1nn2c(=O)cc(COC(=O)[C@@H]3C[C@@H]3C)nc2s1. The zero-order valence-corrected chi connectivity index (χ0v) is 12.1. The Hall–Kier alpha value is -1.76. The number of rotatable bonds is 4. The summed E-state index contributed by atoms with van der Waals surface area (Å²) in [5.74, 6) is 0.241. The highest BCUT2D eigenvalue weighted by atomic mass is 32.1. The minimum Gasteiger partial charge on any atom is -0.459 e. The van der Waals surface area contributed by atoms with Gasteiger partial charge in [0.1, 0.15) is 11.6 Å². The van der Waals surface area contributed by atoms with E-state index in [0.717, 1.165) is 17.8 Å². The van der Waals surface area contributed by atoms with Crippen molar-refractivity contribution in [3.63, 3.8) is 0 Å². The maximum Gasteiger partial charge on any atom is 0.309 e. The Morgan fingerprint density at radius 2 is 2.35 bits per heavy atom. The largest absolute Gasteiger partial charge is 0.459 e. The van der Waals surface area contributed by atoms with Crippen LogP contribution in [0.2, 0.25) is 0 Å². The predicted molar refractivity (Wildman–Crippen MR) is 73.6 cm³/mol. The Kier molecular flexibility index (Phi) is 3.29. The number of hydrogen-bond acceptors (Lipinski definition) is 6. The number of fused-ring (bicyclic) bond motifs is 1. The smallest absolute Gasteiger partial charge is 0.309 e. The van der Waals surface area contributed by atoms with Crippen molar-refractivity contribution in [3.05, 3.63) is 27.1 Å². The lowest BCUT2D eigenvalue weighted by Gasteiger charge is -2.03. The van der Waals surface area contributed by atoms with Gasteiger partial charge in [0.15, 0.2) is 0 Å². The van der Waals surface area contributed by atoms with Gasteiger partial charge in [-0.2, -0.15) is 9.61 Å². The highest BCUT2D eigenvalue weighted by molar-refractivity contribution is 7.16. The zero-order chi connectivity index (χ0) is 14.3. The number of nitrogens with zero attached hydrogens (tertiary/aromatic N) is 3. The van der Waals surface area contributed by atoms with Gasteiger partial charge in [0.2, 0.25) is 4.96 Å². The summed E-state index contributed by atoms with van der Waals surface area (Å²) in [5, 5.41) is 5.02. The number of carbonyl (C=O) groups is 1.